The highest BCUT2D eigenvalue weighted by molar-refractivity contribution is 7.92. The molecule has 2 N–H and O–H groups in total. The molecule has 0 spiro atoms. The van der Waals surface area contributed by atoms with Gasteiger partial charge in [0, 0.05) is 60.5 Å². The maximum atomic E-state index is 13.8. The second kappa shape index (κ2) is 12.4. The highest BCUT2D eigenvalue weighted by Crippen LogP contribution is 2.40. The largest absolute Gasteiger partial charge is 0.486 e. The summed E-state index contributed by atoms with van der Waals surface area (Å²) in [7, 11) is -4.09. The first-order valence-electron chi connectivity index (χ1n) is 15.3. The highest BCUT2D eigenvalue weighted by atomic mass is 35.5. The number of ether oxygens (including phenoxy) is 2. The van der Waals surface area contributed by atoms with Crippen molar-refractivity contribution in [1.82, 2.24) is 9.88 Å². The maximum absolute atomic E-state index is 13.8. The van der Waals surface area contributed by atoms with Crippen LogP contribution in [0.25, 0.3) is 0 Å². The first-order valence-corrected chi connectivity index (χ1v) is 17.1. The number of rotatable bonds is 8. The number of nitrogens with zero attached hydrogens (tertiary/aromatic N) is 2. The van der Waals surface area contributed by atoms with Crippen molar-refractivity contribution in [2.45, 2.75) is 30.2 Å². The van der Waals surface area contributed by atoms with Gasteiger partial charge in [-0.15, -0.1) is 0 Å². The lowest BCUT2D eigenvalue weighted by atomic mass is 9.83. The van der Waals surface area contributed by atoms with E-state index in [9.17, 15) is 18.0 Å². The predicted octanol–water partition coefficient (Wildman–Crippen LogP) is 4.67. The molecule has 7 rings (SSSR count). The second-order valence-electron chi connectivity index (χ2n) is 11.8. The first-order chi connectivity index (χ1) is 22.2. The molecule has 0 unspecified atom stereocenters. The Bertz CT molecular complexity index is 1980. The fourth-order valence-electron chi connectivity index (χ4n) is 6.64. The zero-order chi connectivity index (χ0) is 31.8. The third-order valence-corrected chi connectivity index (χ3v) is 10.5. The molecule has 4 aromatic rings. The Kier molecular flexibility index (Phi) is 8.12. The van der Waals surface area contributed by atoms with Gasteiger partial charge in [0.2, 0.25) is 0 Å². The molecule has 3 aliphatic heterocycles. The summed E-state index contributed by atoms with van der Waals surface area (Å²) in [6, 6.07) is 22.4. The van der Waals surface area contributed by atoms with E-state index in [1.54, 1.807) is 36.4 Å². The highest BCUT2D eigenvalue weighted by Gasteiger charge is 2.35. The monoisotopic (exact) mass is 660 g/mol. The normalized spacial score (nSPS) is 18.4. The van der Waals surface area contributed by atoms with Crippen LogP contribution in [0.15, 0.2) is 88.6 Å². The van der Waals surface area contributed by atoms with Crippen molar-refractivity contribution in [1.29, 1.82) is 0 Å². The van der Waals surface area contributed by atoms with Crippen LogP contribution < -0.4 is 30.0 Å². The number of benzene rings is 3. The van der Waals surface area contributed by atoms with Crippen molar-refractivity contribution in [3.8, 4) is 11.5 Å². The number of fused-ring (bicyclic) bond motifs is 5. The number of amides is 1. The summed E-state index contributed by atoms with van der Waals surface area (Å²) in [5.74, 6) is 0.833. The molecular formula is C34H33ClN4O6S. The minimum atomic E-state index is -4.09. The summed E-state index contributed by atoms with van der Waals surface area (Å²) in [6.45, 7) is 2.92. The van der Waals surface area contributed by atoms with Gasteiger partial charge in [0.1, 0.15) is 13.2 Å². The number of halogens is 1. The van der Waals surface area contributed by atoms with E-state index in [0.29, 0.717) is 79.3 Å². The molecule has 1 fully saturated rings. The zero-order valence-corrected chi connectivity index (χ0v) is 26.5. The quantitative estimate of drug-likeness (QED) is 0.282. The molecule has 0 aliphatic carbocycles. The van der Waals surface area contributed by atoms with Gasteiger partial charge in [0.15, 0.2) is 11.5 Å². The van der Waals surface area contributed by atoms with Crippen molar-refractivity contribution in [2.24, 2.45) is 5.92 Å². The smallest absolute Gasteiger partial charge is 0.262 e. The lowest BCUT2D eigenvalue weighted by Crippen LogP contribution is -2.47. The average molecular weight is 661 g/mol. The molecule has 1 amide bonds. The predicted molar refractivity (Wildman–Crippen MR) is 176 cm³/mol. The molecule has 12 heteroatoms. The number of aromatic nitrogens is 1. The van der Waals surface area contributed by atoms with Gasteiger partial charge in [-0.3, -0.25) is 14.3 Å². The zero-order valence-electron chi connectivity index (χ0n) is 24.9. The fraction of sp³-hybridized carbons (Fsp3) is 0.294. The van der Waals surface area contributed by atoms with Crippen LogP contribution in [-0.4, -0.2) is 51.7 Å². The van der Waals surface area contributed by atoms with E-state index in [1.807, 2.05) is 34.9 Å². The molecule has 3 aliphatic rings. The molecule has 1 saturated heterocycles. The lowest BCUT2D eigenvalue weighted by Gasteiger charge is -2.44. The van der Waals surface area contributed by atoms with Crippen LogP contribution in [0.4, 0.5) is 11.4 Å². The van der Waals surface area contributed by atoms with Crippen LogP contribution in [0.1, 0.15) is 34.0 Å². The Morgan fingerprint density at radius 3 is 2.59 bits per heavy atom. The Balaban J connectivity index is 1.18. The van der Waals surface area contributed by atoms with Crippen LogP contribution in [-0.2, 0) is 23.0 Å². The molecule has 3 aromatic carbocycles. The average Bonchev–Trinajstić information content (AvgIpc) is 3.05. The van der Waals surface area contributed by atoms with Crippen LogP contribution in [0.5, 0.6) is 11.5 Å². The van der Waals surface area contributed by atoms with Gasteiger partial charge in [-0.1, -0.05) is 35.9 Å². The van der Waals surface area contributed by atoms with E-state index < -0.39 is 10.0 Å². The molecule has 4 heterocycles. The minimum Gasteiger partial charge on any atom is -0.486 e. The number of hydrogen-bond donors (Lipinski definition) is 2. The van der Waals surface area contributed by atoms with Crippen LogP contribution in [0, 0.1) is 5.92 Å². The first kappa shape index (κ1) is 30.2. The summed E-state index contributed by atoms with van der Waals surface area (Å²) in [6.07, 6.45) is 1.50. The summed E-state index contributed by atoms with van der Waals surface area (Å²) < 4.78 is 43.4. The molecule has 1 aromatic heterocycles. The van der Waals surface area contributed by atoms with Crippen LogP contribution in [0.3, 0.4) is 0 Å². The lowest BCUT2D eigenvalue weighted by molar-refractivity contribution is 0.0954. The molecule has 0 radical (unpaired) electrons. The maximum Gasteiger partial charge on any atom is 0.262 e. The van der Waals surface area contributed by atoms with Gasteiger partial charge >= 0.3 is 0 Å². The molecule has 238 valence electrons. The molecular weight excluding hydrogens is 628 g/mol. The third-order valence-electron chi connectivity index (χ3n) is 8.79. The molecule has 0 saturated carbocycles. The van der Waals surface area contributed by atoms with E-state index in [0.717, 1.165) is 17.7 Å². The van der Waals surface area contributed by atoms with Crippen LogP contribution >= 0.6 is 11.6 Å². The summed E-state index contributed by atoms with van der Waals surface area (Å²) in [5, 5.41) is 3.56. The topological polar surface area (TPSA) is 119 Å². The molecule has 10 nitrogen and oxygen atoms in total. The number of carbonyl (C=O) groups is 1. The SMILES string of the molecule is O=C(NCCc1ccccc1Cl)c1ccc(N2C[C@H]3C[C@@H](C2)c2cccc(=O)n2C3)c(NS(=O)(=O)c2ccc3c(c2)OCCO3)c1. The van der Waals surface area contributed by atoms with E-state index in [2.05, 4.69) is 14.9 Å². The number of nitrogens with one attached hydrogen (secondary N) is 2. The second-order valence-corrected chi connectivity index (χ2v) is 13.9. The van der Waals surface area contributed by atoms with Gasteiger partial charge in [-0.25, -0.2) is 8.42 Å². The number of sulfonamides is 1. The Hall–Kier alpha value is -4.48. The van der Waals surface area contributed by atoms with Crippen molar-refractivity contribution in [2.75, 3.05) is 42.5 Å². The number of anilines is 2. The molecule has 46 heavy (non-hydrogen) atoms. The standard InChI is InChI=1S/C34H33ClN4O6S/c35-27-5-2-1-4-23(27)12-13-36-34(41)24-8-10-30(38-19-22-16-25(21-38)29-6-3-7-33(40)39(29)20-22)28(17-24)37-46(42,43)26-9-11-31-32(18-26)45-15-14-44-31/h1-11,17-18,22,25,37H,12-16,19-21H2,(H,36,41)/t22-,25+/m1/s1. The van der Waals surface area contributed by atoms with Gasteiger partial charge in [0.05, 0.1) is 16.3 Å². The van der Waals surface area contributed by atoms with Crippen molar-refractivity contribution in [3.63, 3.8) is 0 Å². The summed E-state index contributed by atoms with van der Waals surface area (Å²) >= 11 is 6.28. The number of pyridine rings is 1. The van der Waals surface area contributed by atoms with E-state index in [-0.39, 0.29) is 28.2 Å². The van der Waals surface area contributed by atoms with Crippen molar-refractivity contribution < 1.29 is 22.7 Å². The minimum absolute atomic E-state index is 0.00145. The van der Waals surface area contributed by atoms with Crippen LogP contribution in [0.2, 0.25) is 5.02 Å². The Morgan fingerprint density at radius 2 is 1.74 bits per heavy atom. The van der Waals surface area contributed by atoms with Crippen molar-refractivity contribution in [3.05, 3.63) is 111 Å². The van der Waals surface area contributed by atoms with E-state index >= 15 is 0 Å². The number of carbonyl (C=O) groups excluding carboxylic acids is 1. The third kappa shape index (κ3) is 6.04. The molecule has 2 bridgehead atoms. The number of piperidine rings is 1. The Labute approximate surface area is 272 Å². The van der Waals surface area contributed by atoms with Gasteiger partial charge in [-0.2, -0.15) is 0 Å². The Morgan fingerprint density at radius 1 is 0.913 bits per heavy atom. The van der Waals surface area contributed by atoms with E-state index in [4.69, 9.17) is 21.1 Å². The summed E-state index contributed by atoms with van der Waals surface area (Å²) in [4.78, 5) is 28.0. The molecule has 2 atom stereocenters. The number of hydrogen-bond acceptors (Lipinski definition) is 7. The van der Waals surface area contributed by atoms with E-state index in [1.165, 1.54) is 12.1 Å². The van der Waals surface area contributed by atoms with Crippen molar-refractivity contribution >= 4 is 38.9 Å². The fourth-order valence-corrected chi connectivity index (χ4v) is 7.95. The summed E-state index contributed by atoms with van der Waals surface area (Å²) in [5.41, 5.74) is 3.18. The van der Waals surface area contributed by atoms with Gasteiger partial charge in [0.25, 0.3) is 21.5 Å². The van der Waals surface area contributed by atoms with Gasteiger partial charge < -0.3 is 24.3 Å². The van der Waals surface area contributed by atoms with Gasteiger partial charge in [-0.05, 0) is 66.8 Å².